The molecule has 1 aromatic heterocycles. The molecule has 0 atom stereocenters. The molecule has 0 bridgehead atoms. The number of carbonyl (C=O) groups is 1. The van der Waals surface area contributed by atoms with Crippen LogP contribution in [-0.2, 0) is 11.0 Å². The van der Waals surface area contributed by atoms with Crippen molar-refractivity contribution in [3.8, 4) is 5.75 Å². The molecule has 0 radical (unpaired) electrons. The zero-order chi connectivity index (χ0) is 26.3. The lowest BCUT2D eigenvalue weighted by Crippen LogP contribution is -2.10. The third-order valence-corrected chi connectivity index (χ3v) is 5.52. The van der Waals surface area contributed by atoms with Crippen molar-refractivity contribution in [2.75, 3.05) is 18.5 Å². The van der Waals surface area contributed by atoms with E-state index in [1.54, 1.807) is 54.9 Å². The van der Waals surface area contributed by atoms with Crippen LogP contribution in [0, 0.1) is 0 Å². The molecule has 37 heavy (non-hydrogen) atoms. The van der Waals surface area contributed by atoms with Crippen LogP contribution in [0.2, 0.25) is 0 Å². The fourth-order valence-electron chi connectivity index (χ4n) is 3.74. The summed E-state index contributed by atoms with van der Waals surface area (Å²) in [5, 5.41) is 4.61. The summed E-state index contributed by atoms with van der Waals surface area (Å²) in [6.07, 6.45) is 3.55. The minimum atomic E-state index is -4.43. The predicted octanol–water partition coefficient (Wildman–Crippen LogP) is 6.22. The predicted molar refractivity (Wildman–Crippen MR) is 139 cm³/mol. The van der Waals surface area contributed by atoms with E-state index in [9.17, 15) is 18.0 Å². The number of benzene rings is 3. The second-order valence-corrected chi connectivity index (χ2v) is 8.07. The molecule has 1 amide bonds. The highest BCUT2D eigenvalue weighted by Gasteiger charge is 2.30. The first-order valence-electron chi connectivity index (χ1n) is 11.5. The van der Waals surface area contributed by atoms with E-state index in [1.807, 2.05) is 18.2 Å². The number of halogens is 3. The zero-order valence-electron chi connectivity index (χ0n) is 19.7. The minimum Gasteiger partial charge on any atom is -0.492 e. The van der Waals surface area contributed by atoms with Crippen molar-refractivity contribution < 1.29 is 22.7 Å². The van der Waals surface area contributed by atoms with E-state index in [2.05, 4.69) is 10.3 Å². The fraction of sp³-hybridized carbons (Fsp3) is 0.103. The average molecular weight is 504 g/mol. The van der Waals surface area contributed by atoms with E-state index in [4.69, 9.17) is 10.5 Å². The molecule has 4 rings (SSSR count). The maximum absolute atomic E-state index is 13.1. The Morgan fingerprint density at radius 1 is 0.973 bits per heavy atom. The standard InChI is InChI=1S/C29H24F3N3O2/c30-29(31,32)23-11-7-20(8-12-23)25(21-9-13-24(14-10-21)37-18-16-33)4-2-6-28(36)35-27-5-1-3-22-19-34-17-15-26(22)27/h1-15,17,19H,16,18,33H2,(H,35,36). The largest absolute Gasteiger partial charge is 0.492 e. The molecule has 3 aromatic carbocycles. The van der Waals surface area contributed by atoms with Crippen molar-refractivity contribution in [1.29, 1.82) is 0 Å². The van der Waals surface area contributed by atoms with Crippen LogP contribution in [0.4, 0.5) is 18.9 Å². The van der Waals surface area contributed by atoms with Crippen molar-refractivity contribution in [1.82, 2.24) is 4.98 Å². The molecule has 0 saturated carbocycles. The van der Waals surface area contributed by atoms with Gasteiger partial charge in [0, 0.05) is 41.5 Å². The summed E-state index contributed by atoms with van der Waals surface area (Å²) in [7, 11) is 0. The van der Waals surface area contributed by atoms with Gasteiger partial charge in [-0.2, -0.15) is 13.2 Å². The summed E-state index contributed by atoms with van der Waals surface area (Å²) in [5.74, 6) is 0.277. The van der Waals surface area contributed by atoms with E-state index in [0.29, 0.717) is 35.7 Å². The van der Waals surface area contributed by atoms with Gasteiger partial charge in [0.2, 0.25) is 5.91 Å². The maximum atomic E-state index is 13.1. The number of allylic oxidation sites excluding steroid dienone is 2. The van der Waals surface area contributed by atoms with Crippen molar-refractivity contribution in [2.45, 2.75) is 6.18 Å². The highest BCUT2D eigenvalue weighted by atomic mass is 19.4. The molecular formula is C29H24F3N3O2. The molecule has 188 valence electrons. The Kier molecular flexibility index (Phi) is 8.00. The Morgan fingerprint density at radius 2 is 1.68 bits per heavy atom. The number of nitrogens with two attached hydrogens (primary N) is 1. The van der Waals surface area contributed by atoms with Crippen LogP contribution in [-0.4, -0.2) is 24.0 Å². The molecule has 0 aliphatic heterocycles. The molecule has 0 spiro atoms. The number of carbonyl (C=O) groups excluding carboxylic acids is 1. The minimum absolute atomic E-state index is 0.349. The van der Waals surface area contributed by atoms with Gasteiger partial charge in [0.25, 0.3) is 0 Å². The number of hydrogen-bond donors (Lipinski definition) is 2. The molecule has 8 heteroatoms. The second kappa shape index (κ2) is 11.5. The lowest BCUT2D eigenvalue weighted by atomic mass is 9.96. The molecular weight excluding hydrogens is 479 g/mol. The summed E-state index contributed by atoms with van der Waals surface area (Å²) >= 11 is 0. The van der Waals surface area contributed by atoms with E-state index in [-0.39, 0.29) is 5.91 Å². The molecule has 0 fully saturated rings. The molecule has 0 unspecified atom stereocenters. The lowest BCUT2D eigenvalue weighted by Gasteiger charge is -2.12. The van der Waals surface area contributed by atoms with Crippen LogP contribution in [0.25, 0.3) is 16.3 Å². The van der Waals surface area contributed by atoms with E-state index in [1.165, 1.54) is 18.2 Å². The third-order valence-electron chi connectivity index (χ3n) is 5.52. The number of amides is 1. The Morgan fingerprint density at radius 3 is 2.35 bits per heavy atom. The van der Waals surface area contributed by atoms with Crippen LogP contribution in [0.1, 0.15) is 16.7 Å². The first kappa shape index (κ1) is 25.7. The van der Waals surface area contributed by atoms with Gasteiger partial charge in [-0.15, -0.1) is 0 Å². The number of ether oxygens (including phenoxy) is 1. The molecule has 1 heterocycles. The van der Waals surface area contributed by atoms with E-state index < -0.39 is 11.7 Å². The highest BCUT2D eigenvalue weighted by molar-refractivity contribution is 6.06. The number of aromatic nitrogens is 1. The average Bonchev–Trinajstić information content (AvgIpc) is 2.90. The molecule has 5 nitrogen and oxygen atoms in total. The third kappa shape index (κ3) is 6.62. The van der Waals surface area contributed by atoms with Gasteiger partial charge in [-0.05, 0) is 53.1 Å². The smallest absolute Gasteiger partial charge is 0.416 e. The Bertz CT molecular complexity index is 1420. The Balaban J connectivity index is 1.60. The van der Waals surface area contributed by atoms with Gasteiger partial charge in [0.1, 0.15) is 12.4 Å². The van der Waals surface area contributed by atoms with Gasteiger partial charge in [-0.3, -0.25) is 9.78 Å². The topological polar surface area (TPSA) is 77.2 Å². The highest BCUT2D eigenvalue weighted by Crippen LogP contribution is 2.32. The SMILES string of the molecule is NCCOc1ccc(C(=CC=CC(=O)Nc2cccc3cnccc23)c2ccc(C(F)(F)F)cc2)cc1. The van der Waals surface area contributed by atoms with Gasteiger partial charge < -0.3 is 15.8 Å². The van der Waals surface area contributed by atoms with Crippen LogP contribution in [0.15, 0.2) is 103 Å². The number of anilines is 1. The number of nitrogens with one attached hydrogen (secondary N) is 1. The second-order valence-electron chi connectivity index (χ2n) is 8.07. The van der Waals surface area contributed by atoms with Crippen LogP contribution in [0.5, 0.6) is 5.75 Å². The number of pyridine rings is 1. The zero-order valence-corrected chi connectivity index (χ0v) is 19.7. The van der Waals surface area contributed by atoms with E-state index >= 15 is 0 Å². The van der Waals surface area contributed by atoms with Gasteiger partial charge in [-0.1, -0.05) is 48.6 Å². The van der Waals surface area contributed by atoms with E-state index in [0.717, 1.165) is 28.5 Å². The summed E-state index contributed by atoms with van der Waals surface area (Å²) in [6, 6.07) is 19.3. The van der Waals surface area contributed by atoms with Gasteiger partial charge in [-0.25, -0.2) is 0 Å². The molecule has 0 aliphatic carbocycles. The first-order valence-corrected chi connectivity index (χ1v) is 11.5. The first-order chi connectivity index (χ1) is 17.8. The summed E-state index contributed by atoms with van der Waals surface area (Å²) in [5.41, 5.74) is 7.33. The maximum Gasteiger partial charge on any atom is 0.416 e. The molecule has 0 aliphatic rings. The molecule has 3 N–H and O–H groups in total. The Labute approximate surface area is 212 Å². The van der Waals surface area contributed by atoms with Gasteiger partial charge >= 0.3 is 6.18 Å². The summed E-state index contributed by atoms with van der Waals surface area (Å²) < 4.78 is 44.7. The summed E-state index contributed by atoms with van der Waals surface area (Å²) in [6.45, 7) is 0.743. The number of fused-ring (bicyclic) bond motifs is 1. The van der Waals surface area contributed by atoms with Gasteiger partial charge in [0.15, 0.2) is 0 Å². The van der Waals surface area contributed by atoms with Crippen molar-refractivity contribution in [3.63, 3.8) is 0 Å². The quantitative estimate of drug-likeness (QED) is 0.221. The lowest BCUT2D eigenvalue weighted by molar-refractivity contribution is -0.137. The van der Waals surface area contributed by atoms with Crippen LogP contribution in [0.3, 0.4) is 0 Å². The normalized spacial score (nSPS) is 12.2. The fourth-order valence-corrected chi connectivity index (χ4v) is 3.74. The number of alkyl halides is 3. The van der Waals surface area contributed by atoms with Crippen molar-refractivity contribution in [3.05, 3.63) is 120 Å². The van der Waals surface area contributed by atoms with Gasteiger partial charge in [0.05, 0.1) is 5.56 Å². The summed E-state index contributed by atoms with van der Waals surface area (Å²) in [4.78, 5) is 16.7. The molecule has 0 saturated heterocycles. The number of hydrogen-bond acceptors (Lipinski definition) is 4. The van der Waals surface area contributed by atoms with Crippen LogP contribution < -0.4 is 15.8 Å². The van der Waals surface area contributed by atoms with Crippen molar-refractivity contribution >= 4 is 27.9 Å². The monoisotopic (exact) mass is 503 g/mol. The molecule has 4 aromatic rings. The van der Waals surface area contributed by atoms with Crippen molar-refractivity contribution in [2.24, 2.45) is 5.73 Å². The number of nitrogens with zero attached hydrogens (tertiary/aromatic N) is 1. The number of rotatable bonds is 8. The van der Waals surface area contributed by atoms with Crippen LogP contribution >= 0.6 is 0 Å². The Hall–Kier alpha value is -4.43.